The highest BCUT2D eigenvalue weighted by Gasteiger charge is 2.48. The van der Waals surface area contributed by atoms with Crippen LogP contribution in [0.25, 0.3) is 16.0 Å². The first-order valence-electron chi connectivity index (χ1n) is 11.7. The van der Waals surface area contributed by atoms with Gasteiger partial charge in [-0.2, -0.15) is 0 Å². The van der Waals surface area contributed by atoms with Crippen molar-refractivity contribution in [1.29, 1.82) is 0 Å². The minimum atomic E-state index is -0.854. The van der Waals surface area contributed by atoms with Crippen molar-refractivity contribution in [3.8, 4) is 5.75 Å². The number of ketones is 1. The summed E-state index contributed by atoms with van der Waals surface area (Å²) >= 11 is 7.31. The topological polar surface area (TPSA) is 79.7 Å². The van der Waals surface area contributed by atoms with Crippen molar-refractivity contribution in [2.24, 2.45) is 0 Å². The van der Waals surface area contributed by atoms with Crippen molar-refractivity contribution in [3.05, 3.63) is 94.0 Å². The Hall–Kier alpha value is -3.68. The van der Waals surface area contributed by atoms with E-state index in [0.717, 1.165) is 10.3 Å². The second-order valence-corrected chi connectivity index (χ2v) is 11.3. The number of hydrogen-bond donors (Lipinski definition) is 1. The number of rotatable bonds is 4. The molecule has 2 heterocycles. The van der Waals surface area contributed by atoms with Gasteiger partial charge in [-0.3, -0.25) is 14.5 Å². The molecule has 1 saturated heterocycles. The maximum absolute atomic E-state index is 13.5. The number of hydrogen-bond acceptors (Lipinski definition) is 6. The Labute approximate surface area is 223 Å². The van der Waals surface area contributed by atoms with E-state index < -0.39 is 17.7 Å². The predicted octanol–water partition coefficient (Wildman–Crippen LogP) is 6.88. The first kappa shape index (κ1) is 25.0. The molecule has 3 aromatic carbocycles. The molecule has 188 valence electrons. The molecule has 1 N–H and O–H groups in total. The lowest BCUT2D eigenvalue weighted by atomic mass is 9.85. The van der Waals surface area contributed by atoms with Crippen molar-refractivity contribution < 1.29 is 19.4 Å². The number of thiazole rings is 1. The number of fused-ring (bicyclic) bond motifs is 1. The van der Waals surface area contributed by atoms with Gasteiger partial charge in [-0.25, -0.2) is 4.98 Å². The van der Waals surface area contributed by atoms with E-state index in [0.29, 0.717) is 32.5 Å². The summed E-state index contributed by atoms with van der Waals surface area (Å²) in [5.41, 5.74) is 2.82. The third-order valence-electron chi connectivity index (χ3n) is 6.44. The van der Waals surface area contributed by atoms with Gasteiger partial charge in [0.2, 0.25) is 0 Å². The highest BCUT2D eigenvalue weighted by atomic mass is 35.5. The maximum Gasteiger partial charge on any atom is 0.301 e. The fourth-order valence-corrected chi connectivity index (χ4v) is 5.54. The fraction of sp³-hybridized carbons (Fsp3) is 0.207. The van der Waals surface area contributed by atoms with E-state index in [1.807, 2.05) is 36.4 Å². The van der Waals surface area contributed by atoms with Crippen LogP contribution in [0.4, 0.5) is 5.13 Å². The van der Waals surface area contributed by atoms with Gasteiger partial charge >= 0.3 is 5.91 Å². The number of aliphatic hydroxyl groups excluding tert-OH is 1. The molecule has 1 amide bonds. The van der Waals surface area contributed by atoms with Crippen LogP contribution in [0.5, 0.6) is 5.75 Å². The van der Waals surface area contributed by atoms with Crippen LogP contribution < -0.4 is 9.64 Å². The SMILES string of the molecule is COc1ccc2nc(N3C(=O)C(=O)/C(=C(/O)c4ccc(Cl)cc4)[C@H]3c3ccc(C(C)(C)C)cc3)sc2c1. The number of benzene rings is 3. The first-order valence-corrected chi connectivity index (χ1v) is 12.9. The maximum atomic E-state index is 13.5. The van der Waals surface area contributed by atoms with E-state index in [4.69, 9.17) is 16.3 Å². The van der Waals surface area contributed by atoms with E-state index >= 15 is 0 Å². The molecule has 0 spiro atoms. The van der Waals surface area contributed by atoms with Crippen LogP contribution >= 0.6 is 22.9 Å². The highest BCUT2D eigenvalue weighted by molar-refractivity contribution is 7.22. The number of ether oxygens (including phenoxy) is 1. The lowest BCUT2D eigenvalue weighted by molar-refractivity contribution is -0.132. The molecule has 37 heavy (non-hydrogen) atoms. The van der Waals surface area contributed by atoms with Crippen LogP contribution in [0.2, 0.25) is 5.02 Å². The molecule has 1 atom stereocenters. The van der Waals surface area contributed by atoms with Gasteiger partial charge in [0.25, 0.3) is 5.78 Å². The van der Waals surface area contributed by atoms with E-state index in [-0.39, 0.29) is 16.7 Å². The molecule has 6 nitrogen and oxygen atoms in total. The second-order valence-electron chi connectivity index (χ2n) is 9.88. The van der Waals surface area contributed by atoms with Crippen molar-refractivity contribution in [2.75, 3.05) is 12.0 Å². The monoisotopic (exact) mass is 532 g/mol. The second kappa shape index (κ2) is 9.32. The van der Waals surface area contributed by atoms with Gasteiger partial charge in [-0.15, -0.1) is 0 Å². The summed E-state index contributed by atoms with van der Waals surface area (Å²) in [6, 6.07) is 18.9. The number of aliphatic hydroxyl groups is 1. The van der Waals surface area contributed by atoms with Crippen LogP contribution in [-0.4, -0.2) is 28.9 Å². The minimum absolute atomic E-state index is 0.00710. The van der Waals surface area contributed by atoms with Gasteiger partial charge in [0.05, 0.1) is 28.9 Å². The summed E-state index contributed by atoms with van der Waals surface area (Å²) < 4.78 is 6.14. The molecule has 0 saturated carbocycles. The summed E-state index contributed by atoms with van der Waals surface area (Å²) in [5.74, 6) is -1.10. The third-order valence-corrected chi connectivity index (χ3v) is 7.71. The molecule has 1 aliphatic rings. The standard InChI is InChI=1S/C29H25ClN2O4S/c1-29(2,3)18-9-5-16(6-10-18)24-23(25(33)17-7-11-19(30)12-8-17)26(34)27(35)32(24)28-31-21-14-13-20(36-4)15-22(21)37-28/h5-15,24,33H,1-4H3/b25-23+/t24-/m1/s1. The first-order chi connectivity index (χ1) is 17.6. The largest absolute Gasteiger partial charge is 0.507 e. The molecular formula is C29H25ClN2O4S. The van der Waals surface area contributed by atoms with Crippen LogP contribution in [0.15, 0.2) is 72.3 Å². The fourth-order valence-electron chi connectivity index (χ4n) is 4.40. The number of aromatic nitrogens is 1. The molecule has 1 aromatic heterocycles. The Balaban J connectivity index is 1.70. The molecule has 4 aromatic rings. The summed E-state index contributed by atoms with van der Waals surface area (Å²) in [4.78, 5) is 32.9. The van der Waals surface area contributed by atoms with Crippen LogP contribution in [0.1, 0.15) is 43.5 Å². The number of carbonyl (C=O) groups excluding carboxylic acids is 2. The average molecular weight is 533 g/mol. The van der Waals surface area contributed by atoms with Gasteiger partial charge in [0.15, 0.2) is 5.13 Å². The summed E-state index contributed by atoms with van der Waals surface area (Å²) in [7, 11) is 1.58. The van der Waals surface area contributed by atoms with E-state index in [1.54, 1.807) is 37.4 Å². The van der Waals surface area contributed by atoms with Crippen LogP contribution in [0.3, 0.4) is 0 Å². The molecule has 0 aliphatic carbocycles. The lowest BCUT2D eigenvalue weighted by Crippen LogP contribution is -2.29. The van der Waals surface area contributed by atoms with E-state index in [1.165, 1.54) is 16.2 Å². The molecule has 1 fully saturated rings. The summed E-state index contributed by atoms with van der Waals surface area (Å²) in [6.07, 6.45) is 0. The quantitative estimate of drug-likeness (QED) is 0.176. The number of halogens is 1. The van der Waals surface area contributed by atoms with E-state index in [9.17, 15) is 14.7 Å². The Morgan fingerprint density at radius 2 is 1.70 bits per heavy atom. The molecule has 8 heteroatoms. The van der Waals surface area contributed by atoms with Gasteiger partial charge < -0.3 is 9.84 Å². The van der Waals surface area contributed by atoms with Crippen molar-refractivity contribution in [2.45, 2.75) is 32.2 Å². The normalized spacial score (nSPS) is 17.5. The smallest absolute Gasteiger partial charge is 0.301 e. The number of anilines is 1. The summed E-state index contributed by atoms with van der Waals surface area (Å²) in [6.45, 7) is 6.35. The van der Waals surface area contributed by atoms with Crippen molar-refractivity contribution >= 4 is 55.7 Å². The molecular weight excluding hydrogens is 508 g/mol. The van der Waals surface area contributed by atoms with Crippen molar-refractivity contribution in [3.63, 3.8) is 0 Å². The number of nitrogens with zero attached hydrogens (tertiary/aromatic N) is 2. The number of amides is 1. The Bertz CT molecular complexity index is 1550. The molecule has 5 rings (SSSR count). The third kappa shape index (κ3) is 4.49. The number of Topliss-reactive ketones (excluding diaryl/α,β-unsaturated/α-hetero) is 1. The molecule has 0 unspecified atom stereocenters. The van der Waals surface area contributed by atoms with E-state index in [2.05, 4.69) is 25.8 Å². The van der Waals surface area contributed by atoms with Gasteiger partial charge in [-0.05, 0) is 59.0 Å². The Morgan fingerprint density at radius 3 is 2.32 bits per heavy atom. The zero-order valence-corrected chi connectivity index (χ0v) is 22.4. The molecule has 0 bridgehead atoms. The van der Waals surface area contributed by atoms with Crippen molar-refractivity contribution in [1.82, 2.24) is 4.98 Å². The predicted molar refractivity (Wildman–Crippen MR) is 148 cm³/mol. The van der Waals surface area contributed by atoms with Crippen LogP contribution in [-0.2, 0) is 15.0 Å². The zero-order valence-electron chi connectivity index (χ0n) is 20.8. The van der Waals surface area contributed by atoms with Gasteiger partial charge in [0.1, 0.15) is 11.5 Å². The Morgan fingerprint density at radius 1 is 1.03 bits per heavy atom. The highest BCUT2D eigenvalue weighted by Crippen LogP contribution is 2.45. The number of carbonyl (C=O) groups is 2. The van der Waals surface area contributed by atoms with Gasteiger partial charge in [-0.1, -0.05) is 68.0 Å². The Kier molecular flexibility index (Phi) is 6.30. The van der Waals surface area contributed by atoms with Gasteiger partial charge in [0, 0.05) is 10.6 Å². The zero-order chi connectivity index (χ0) is 26.5. The number of methoxy groups -OCH3 is 1. The summed E-state index contributed by atoms with van der Waals surface area (Å²) in [5, 5.41) is 12.2. The lowest BCUT2D eigenvalue weighted by Gasteiger charge is -2.24. The van der Waals surface area contributed by atoms with Crippen LogP contribution in [0, 0.1) is 0 Å². The molecule has 0 radical (unpaired) electrons. The minimum Gasteiger partial charge on any atom is -0.507 e. The molecule has 1 aliphatic heterocycles. The average Bonchev–Trinajstić information content (AvgIpc) is 3.41.